The molecule has 2 N–H and O–H groups in total. The van der Waals surface area contributed by atoms with E-state index in [2.05, 4.69) is 5.32 Å². The molecule has 2 amide bonds. The van der Waals surface area contributed by atoms with E-state index in [0.717, 1.165) is 25.5 Å². The Hall–Kier alpha value is -1.11. The zero-order chi connectivity index (χ0) is 17.0. The predicted octanol–water partition coefficient (Wildman–Crippen LogP) is 1.56. The van der Waals surface area contributed by atoms with Gasteiger partial charge in [0.05, 0.1) is 6.26 Å². The summed E-state index contributed by atoms with van der Waals surface area (Å²) in [5, 5.41) is 2.95. The first-order chi connectivity index (χ1) is 10.1. The van der Waals surface area contributed by atoms with Crippen LogP contribution >= 0.6 is 0 Å². The van der Waals surface area contributed by atoms with Gasteiger partial charge in [0.1, 0.15) is 5.41 Å². The third-order valence-electron chi connectivity index (χ3n) is 4.39. The van der Waals surface area contributed by atoms with E-state index in [9.17, 15) is 18.0 Å². The van der Waals surface area contributed by atoms with E-state index >= 15 is 0 Å². The van der Waals surface area contributed by atoms with Crippen LogP contribution in [0.25, 0.3) is 0 Å². The highest BCUT2D eigenvalue weighted by molar-refractivity contribution is 7.89. The van der Waals surface area contributed by atoms with E-state index in [1.807, 2.05) is 11.6 Å². The Bertz CT molecular complexity index is 508. The van der Waals surface area contributed by atoms with Crippen molar-refractivity contribution in [2.45, 2.75) is 65.3 Å². The van der Waals surface area contributed by atoms with E-state index in [1.165, 1.54) is 33.1 Å². The van der Waals surface area contributed by atoms with Crippen molar-refractivity contribution in [2.24, 2.45) is 11.3 Å². The van der Waals surface area contributed by atoms with Crippen molar-refractivity contribution in [1.29, 1.82) is 0 Å². The van der Waals surface area contributed by atoms with Gasteiger partial charge in [0.2, 0.25) is 21.8 Å². The number of sulfonamides is 1. The number of hydrogen-bond acceptors (Lipinski definition) is 4. The average molecular weight is 332 g/mol. The summed E-state index contributed by atoms with van der Waals surface area (Å²) >= 11 is 0. The normalized spacial score (nSPS) is 18.5. The second-order valence-electron chi connectivity index (χ2n) is 6.71. The Labute approximate surface area is 133 Å². The molecule has 7 heteroatoms. The van der Waals surface area contributed by atoms with E-state index in [0.29, 0.717) is 5.92 Å². The summed E-state index contributed by atoms with van der Waals surface area (Å²) in [6, 6.07) is 0.0399. The van der Waals surface area contributed by atoms with Gasteiger partial charge in [0.25, 0.3) is 0 Å². The first kappa shape index (κ1) is 18.9. The molecular weight excluding hydrogens is 304 g/mol. The molecule has 0 bridgehead atoms. The first-order valence-electron chi connectivity index (χ1n) is 7.91. The van der Waals surface area contributed by atoms with Gasteiger partial charge in [-0.15, -0.1) is 0 Å². The van der Waals surface area contributed by atoms with Gasteiger partial charge in [-0.05, 0) is 39.0 Å². The minimum absolute atomic E-state index is 0.0399. The molecule has 0 saturated heterocycles. The zero-order valence-electron chi connectivity index (χ0n) is 13.9. The molecule has 0 aliphatic heterocycles. The third kappa shape index (κ3) is 5.26. The van der Waals surface area contributed by atoms with E-state index in [1.54, 1.807) is 0 Å². The number of amides is 2. The second-order valence-corrected chi connectivity index (χ2v) is 8.46. The lowest BCUT2D eigenvalue weighted by Gasteiger charge is -2.32. The second kappa shape index (κ2) is 7.44. The van der Waals surface area contributed by atoms with Gasteiger partial charge in [-0.25, -0.2) is 8.42 Å². The van der Waals surface area contributed by atoms with Crippen LogP contribution in [0.15, 0.2) is 0 Å². The van der Waals surface area contributed by atoms with Crippen LogP contribution in [0, 0.1) is 11.3 Å². The van der Waals surface area contributed by atoms with Crippen molar-refractivity contribution in [3.8, 4) is 0 Å². The molecule has 0 heterocycles. The molecule has 1 unspecified atom stereocenters. The fourth-order valence-corrected chi connectivity index (χ4v) is 3.43. The molecule has 0 spiro atoms. The molecule has 0 aromatic rings. The maximum atomic E-state index is 12.4. The highest BCUT2D eigenvalue weighted by Gasteiger charge is 2.39. The van der Waals surface area contributed by atoms with Crippen molar-refractivity contribution in [2.75, 3.05) is 6.26 Å². The van der Waals surface area contributed by atoms with Crippen molar-refractivity contribution in [1.82, 2.24) is 10.0 Å². The van der Waals surface area contributed by atoms with E-state index in [4.69, 9.17) is 0 Å². The summed E-state index contributed by atoms with van der Waals surface area (Å²) in [6.07, 6.45) is 7.48. The lowest BCUT2D eigenvalue weighted by molar-refractivity contribution is -0.141. The van der Waals surface area contributed by atoms with Gasteiger partial charge in [-0.1, -0.05) is 26.2 Å². The van der Waals surface area contributed by atoms with Gasteiger partial charge in [-0.3, -0.25) is 14.3 Å². The predicted molar refractivity (Wildman–Crippen MR) is 85.6 cm³/mol. The summed E-state index contributed by atoms with van der Waals surface area (Å²) in [7, 11) is -3.67. The van der Waals surface area contributed by atoms with Crippen molar-refractivity contribution < 1.29 is 18.0 Å². The lowest BCUT2D eigenvalue weighted by atomic mass is 9.82. The van der Waals surface area contributed by atoms with Crippen LogP contribution in [0.5, 0.6) is 0 Å². The smallest absolute Gasteiger partial charge is 0.248 e. The van der Waals surface area contributed by atoms with Gasteiger partial charge < -0.3 is 5.32 Å². The average Bonchev–Trinajstić information content (AvgIpc) is 2.43. The number of nitrogens with one attached hydrogen (secondary N) is 2. The summed E-state index contributed by atoms with van der Waals surface area (Å²) in [5.74, 6) is -0.784. The Kier molecular flexibility index (Phi) is 6.40. The Morgan fingerprint density at radius 2 is 1.68 bits per heavy atom. The van der Waals surface area contributed by atoms with Crippen molar-refractivity contribution in [3.05, 3.63) is 0 Å². The fourth-order valence-electron chi connectivity index (χ4n) is 2.84. The molecule has 1 fully saturated rings. The molecule has 0 radical (unpaired) electrons. The van der Waals surface area contributed by atoms with E-state index < -0.39 is 27.3 Å². The van der Waals surface area contributed by atoms with E-state index in [-0.39, 0.29) is 6.04 Å². The van der Waals surface area contributed by atoms with Gasteiger partial charge in [0.15, 0.2) is 0 Å². The maximum absolute atomic E-state index is 12.4. The van der Waals surface area contributed by atoms with Crippen molar-refractivity contribution in [3.63, 3.8) is 0 Å². The number of carbonyl (C=O) groups is 2. The topological polar surface area (TPSA) is 92.3 Å². The van der Waals surface area contributed by atoms with Crippen LogP contribution in [0.3, 0.4) is 0 Å². The highest BCUT2D eigenvalue weighted by Crippen LogP contribution is 2.28. The number of carbonyl (C=O) groups excluding carboxylic acids is 2. The van der Waals surface area contributed by atoms with Crippen LogP contribution in [0.1, 0.15) is 59.3 Å². The van der Waals surface area contributed by atoms with Gasteiger partial charge >= 0.3 is 0 Å². The molecule has 1 aliphatic carbocycles. The molecule has 1 aliphatic rings. The summed E-state index contributed by atoms with van der Waals surface area (Å²) in [4.78, 5) is 24.5. The molecule has 1 saturated carbocycles. The Morgan fingerprint density at radius 3 is 2.14 bits per heavy atom. The summed E-state index contributed by atoms with van der Waals surface area (Å²) < 4.78 is 24.2. The Morgan fingerprint density at radius 1 is 1.14 bits per heavy atom. The monoisotopic (exact) mass is 332 g/mol. The van der Waals surface area contributed by atoms with Gasteiger partial charge in [0, 0.05) is 6.04 Å². The Balaban J connectivity index is 2.73. The van der Waals surface area contributed by atoms with Gasteiger partial charge in [-0.2, -0.15) is 0 Å². The van der Waals surface area contributed by atoms with Crippen LogP contribution < -0.4 is 10.0 Å². The first-order valence-corrected chi connectivity index (χ1v) is 9.80. The standard InChI is InChI=1S/C15H28N2O4S/c1-5-12(11-9-7-6-8-10-11)16-13(18)15(2,3)14(19)17-22(4,20)21/h11-12H,5-10H2,1-4H3,(H,16,18)(H,17,19). The third-order valence-corrected chi connectivity index (χ3v) is 4.94. The lowest BCUT2D eigenvalue weighted by Crippen LogP contribution is -2.52. The van der Waals surface area contributed by atoms with Crippen LogP contribution in [0.4, 0.5) is 0 Å². The van der Waals surface area contributed by atoms with Crippen LogP contribution in [0.2, 0.25) is 0 Å². The molecule has 128 valence electrons. The SMILES string of the molecule is CCC(NC(=O)C(C)(C)C(=O)NS(C)(=O)=O)C1CCCCC1. The fraction of sp³-hybridized carbons (Fsp3) is 0.867. The minimum atomic E-state index is -3.67. The quantitative estimate of drug-likeness (QED) is 0.722. The summed E-state index contributed by atoms with van der Waals surface area (Å²) in [6.45, 7) is 4.90. The van der Waals surface area contributed by atoms with Crippen LogP contribution in [-0.4, -0.2) is 32.5 Å². The van der Waals surface area contributed by atoms with Crippen LogP contribution in [-0.2, 0) is 19.6 Å². The molecule has 22 heavy (non-hydrogen) atoms. The number of rotatable bonds is 6. The molecule has 1 atom stereocenters. The largest absolute Gasteiger partial charge is 0.352 e. The maximum Gasteiger partial charge on any atom is 0.248 e. The zero-order valence-corrected chi connectivity index (χ0v) is 14.8. The molecule has 0 aromatic carbocycles. The molecule has 1 rings (SSSR count). The van der Waals surface area contributed by atoms with Crippen molar-refractivity contribution >= 4 is 21.8 Å². The molecule has 0 aromatic heterocycles. The minimum Gasteiger partial charge on any atom is -0.352 e. The molecular formula is C15H28N2O4S. The summed E-state index contributed by atoms with van der Waals surface area (Å²) in [5.41, 5.74) is -1.43. The highest BCUT2D eigenvalue weighted by atomic mass is 32.2. The molecule has 6 nitrogen and oxygen atoms in total. The number of hydrogen-bond donors (Lipinski definition) is 2.